The highest BCUT2D eigenvalue weighted by Crippen LogP contribution is 2.53. The number of rotatable bonds is 6. The number of hydrogen-bond donors (Lipinski definition) is 1. The minimum atomic E-state index is -0.0633. The van der Waals surface area contributed by atoms with Gasteiger partial charge >= 0.3 is 0 Å². The molecule has 0 aromatic heterocycles. The second kappa shape index (κ2) is 6.67. The second-order valence-corrected chi connectivity index (χ2v) is 6.58. The highest BCUT2D eigenvalue weighted by molar-refractivity contribution is 5.51. The molecule has 0 saturated carbocycles. The minimum Gasteiger partial charge on any atom is -0.493 e. The van der Waals surface area contributed by atoms with E-state index >= 15 is 0 Å². The summed E-state index contributed by atoms with van der Waals surface area (Å²) in [6, 6.07) is 6.11. The maximum atomic E-state index is 9.25. The van der Waals surface area contributed by atoms with Crippen LogP contribution < -0.4 is 9.47 Å². The van der Waals surface area contributed by atoms with Crippen molar-refractivity contribution in [3.63, 3.8) is 0 Å². The smallest absolute Gasteiger partial charge is 0.164 e. The highest BCUT2D eigenvalue weighted by atomic mass is 16.5. The summed E-state index contributed by atoms with van der Waals surface area (Å²) in [6.07, 6.45) is 3.85. The lowest BCUT2D eigenvalue weighted by Crippen LogP contribution is -2.43. The van der Waals surface area contributed by atoms with Crippen molar-refractivity contribution in [1.29, 1.82) is 0 Å². The van der Waals surface area contributed by atoms with Crippen LogP contribution in [0.5, 0.6) is 11.5 Å². The zero-order chi connectivity index (χ0) is 16.4. The Morgan fingerprint density at radius 2 is 2.17 bits per heavy atom. The molecule has 23 heavy (non-hydrogen) atoms. The van der Waals surface area contributed by atoms with Gasteiger partial charge in [0.05, 0.1) is 20.3 Å². The fourth-order valence-corrected chi connectivity index (χ4v) is 4.17. The van der Waals surface area contributed by atoms with Gasteiger partial charge in [-0.15, -0.1) is 0 Å². The molecule has 2 aliphatic heterocycles. The molecular formula is C18H27NO4. The van der Waals surface area contributed by atoms with E-state index in [9.17, 15) is 5.11 Å². The van der Waals surface area contributed by atoms with Gasteiger partial charge in [0.25, 0.3) is 0 Å². The van der Waals surface area contributed by atoms with Crippen LogP contribution in [0.1, 0.15) is 31.2 Å². The molecule has 1 aromatic carbocycles. The van der Waals surface area contributed by atoms with Gasteiger partial charge in [0.15, 0.2) is 11.5 Å². The van der Waals surface area contributed by atoms with Gasteiger partial charge in [0, 0.05) is 24.1 Å². The largest absolute Gasteiger partial charge is 0.493 e. The molecule has 0 aliphatic carbocycles. The molecule has 2 fully saturated rings. The molecule has 5 nitrogen and oxygen atoms in total. The van der Waals surface area contributed by atoms with Gasteiger partial charge in [-0.3, -0.25) is 4.90 Å². The predicted octanol–water partition coefficient (Wildman–Crippen LogP) is 2.16. The van der Waals surface area contributed by atoms with E-state index in [-0.39, 0.29) is 24.4 Å². The fraction of sp³-hybridized carbons (Fsp3) is 0.667. The second-order valence-electron chi connectivity index (χ2n) is 6.58. The number of likely N-dealkylation sites (tertiary alicyclic amines) is 1. The first kappa shape index (κ1) is 16.6. The SMILES string of the molecule is COc1cccc(C23CCN(C)C(C2)OC3CCCO)c1OC. The Bertz CT molecular complexity index is 550. The number of hydrogen-bond acceptors (Lipinski definition) is 5. The van der Waals surface area contributed by atoms with Crippen molar-refractivity contribution in [2.24, 2.45) is 0 Å². The van der Waals surface area contributed by atoms with E-state index in [4.69, 9.17) is 14.2 Å². The molecular weight excluding hydrogens is 294 g/mol. The number of fused-ring (bicyclic) bond motifs is 2. The number of benzene rings is 1. The number of aliphatic hydroxyl groups excluding tert-OH is 1. The lowest BCUT2D eigenvalue weighted by atomic mass is 9.68. The predicted molar refractivity (Wildman–Crippen MR) is 88.1 cm³/mol. The van der Waals surface area contributed by atoms with Crippen molar-refractivity contribution in [3.8, 4) is 11.5 Å². The molecule has 0 amide bonds. The van der Waals surface area contributed by atoms with Crippen molar-refractivity contribution >= 4 is 0 Å². The van der Waals surface area contributed by atoms with Crippen LogP contribution in [0.15, 0.2) is 18.2 Å². The third-order valence-electron chi connectivity index (χ3n) is 5.44. The van der Waals surface area contributed by atoms with Gasteiger partial charge in [-0.1, -0.05) is 12.1 Å². The summed E-state index contributed by atoms with van der Waals surface area (Å²) in [4.78, 5) is 2.28. The van der Waals surface area contributed by atoms with E-state index in [1.54, 1.807) is 14.2 Å². The molecule has 2 aliphatic rings. The summed E-state index contributed by atoms with van der Waals surface area (Å²) in [7, 11) is 5.49. The molecule has 128 valence electrons. The number of ether oxygens (including phenoxy) is 3. The van der Waals surface area contributed by atoms with Crippen LogP contribution in [-0.4, -0.2) is 56.8 Å². The van der Waals surface area contributed by atoms with E-state index in [0.29, 0.717) is 0 Å². The summed E-state index contributed by atoms with van der Waals surface area (Å²) in [5.74, 6) is 1.58. The number of nitrogens with zero attached hydrogens (tertiary/aromatic N) is 1. The summed E-state index contributed by atoms with van der Waals surface area (Å²) >= 11 is 0. The van der Waals surface area contributed by atoms with Gasteiger partial charge < -0.3 is 19.3 Å². The summed E-state index contributed by atoms with van der Waals surface area (Å²) in [5.41, 5.74) is 1.12. The molecule has 1 aromatic rings. The normalized spacial score (nSPS) is 30.4. The lowest BCUT2D eigenvalue weighted by Gasteiger charge is -2.39. The third kappa shape index (κ3) is 2.71. The Labute approximate surface area is 138 Å². The number of aliphatic hydroxyl groups is 1. The molecule has 2 bridgehead atoms. The van der Waals surface area contributed by atoms with Crippen LogP contribution in [0, 0.1) is 0 Å². The van der Waals surface area contributed by atoms with Gasteiger partial charge in [-0.25, -0.2) is 0 Å². The van der Waals surface area contributed by atoms with E-state index < -0.39 is 0 Å². The summed E-state index contributed by atoms with van der Waals surface area (Å²) in [6.45, 7) is 1.20. The van der Waals surface area contributed by atoms with Crippen LogP contribution in [0.4, 0.5) is 0 Å². The van der Waals surface area contributed by atoms with Gasteiger partial charge in [-0.05, 0) is 38.8 Å². The lowest BCUT2D eigenvalue weighted by molar-refractivity contribution is -0.0390. The van der Waals surface area contributed by atoms with Crippen LogP contribution in [-0.2, 0) is 10.2 Å². The third-order valence-corrected chi connectivity index (χ3v) is 5.44. The van der Waals surface area contributed by atoms with Crippen LogP contribution in [0.25, 0.3) is 0 Å². The Kier molecular flexibility index (Phi) is 4.80. The maximum absolute atomic E-state index is 9.25. The van der Waals surface area contributed by atoms with Crippen LogP contribution in [0.3, 0.4) is 0 Å². The number of para-hydroxylation sites is 1. The summed E-state index contributed by atoms with van der Waals surface area (Å²) < 4.78 is 17.5. The molecule has 3 rings (SSSR count). The van der Waals surface area contributed by atoms with E-state index in [0.717, 1.165) is 43.7 Å². The van der Waals surface area contributed by atoms with Gasteiger partial charge in [0.2, 0.25) is 0 Å². The van der Waals surface area contributed by atoms with Gasteiger partial charge in [-0.2, -0.15) is 0 Å². The number of methoxy groups -OCH3 is 2. The van der Waals surface area contributed by atoms with Crippen molar-refractivity contribution < 1.29 is 19.3 Å². The van der Waals surface area contributed by atoms with E-state index in [1.165, 1.54) is 5.56 Å². The van der Waals surface area contributed by atoms with E-state index in [2.05, 4.69) is 18.0 Å². The Balaban J connectivity index is 2.04. The molecule has 0 radical (unpaired) electrons. The summed E-state index contributed by atoms with van der Waals surface area (Å²) in [5, 5.41) is 9.25. The number of piperidine rings is 1. The molecule has 3 unspecified atom stereocenters. The van der Waals surface area contributed by atoms with Crippen LogP contribution >= 0.6 is 0 Å². The average Bonchev–Trinajstić information content (AvgIpc) is 2.90. The monoisotopic (exact) mass is 321 g/mol. The Hall–Kier alpha value is -1.30. The van der Waals surface area contributed by atoms with Crippen molar-refractivity contribution in [2.45, 2.75) is 43.4 Å². The quantitative estimate of drug-likeness (QED) is 0.870. The first-order chi connectivity index (χ1) is 11.2. The first-order valence-electron chi connectivity index (χ1n) is 8.34. The van der Waals surface area contributed by atoms with Crippen LogP contribution in [0.2, 0.25) is 0 Å². The standard InChI is InChI=1S/C18H27NO4/c1-19-10-9-18(12-16(19)23-15(18)8-5-11-20)13-6-4-7-14(21-2)17(13)22-3/h4,6-7,15-16,20H,5,8-12H2,1-3H3. The highest BCUT2D eigenvalue weighted by Gasteiger charge is 2.54. The topological polar surface area (TPSA) is 51.2 Å². The first-order valence-corrected chi connectivity index (χ1v) is 8.34. The van der Waals surface area contributed by atoms with Crippen molar-refractivity contribution in [2.75, 3.05) is 34.4 Å². The van der Waals surface area contributed by atoms with Crippen molar-refractivity contribution in [1.82, 2.24) is 4.90 Å². The van der Waals surface area contributed by atoms with Gasteiger partial charge in [0.1, 0.15) is 6.23 Å². The molecule has 1 N–H and O–H groups in total. The van der Waals surface area contributed by atoms with E-state index in [1.807, 2.05) is 12.1 Å². The minimum absolute atomic E-state index is 0.0633. The molecule has 0 spiro atoms. The fourth-order valence-electron chi connectivity index (χ4n) is 4.17. The Morgan fingerprint density at radius 1 is 1.35 bits per heavy atom. The molecule has 2 saturated heterocycles. The zero-order valence-electron chi connectivity index (χ0n) is 14.2. The maximum Gasteiger partial charge on any atom is 0.164 e. The molecule has 5 heteroatoms. The average molecular weight is 321 g/mol. The Morgan fingerprint density at radius 3 is 2.87 bits per heavy atom. The molecule has 3 atom stereocenters. The molecule has 2 heterocycles. The van der Waals surface area contributed by atoms with Crippen molar-refractivity contribution in [3.05, 3.63) is 23.8 Å². The zero-order valence-corrected chi connectivity index (χ0v) is 14.2.